The van der Waals surface area contributed by atoms with Gasteiger partial charge in [0.1, 0.15) is 17.6 Å². The second-order valence-corrected chi connectivity index (χ2v) is 6.61. The summed E-state index contributed by atoms with van der Waals surface area (Å²) in [5, 5.41) is 9.40. The first-order chi connectivity index (χ1) is 12.2. The predicted octanol–water partition coefficient (Wildman–Crippen LogP) is 2.97. The van der Waals surface area contributed by atoms with Crippen LogP contribution in [0.2, 0.25) is 0 Å². The van der Waals surface area contributed by atoms with Gasteiger partial charge in [-0.15, -0.1) is 0 Å². The smallest absolute Gasteiger partial charge is 0.273 e. The molecule has 6 nitrogen and oxygen atoms in total. The number of halogens is 1. The molecule has 0 saturated carbocycles. The molecule has 1 saturated heterocycles. The molecule has 4 rings (SSSR count). The molecule has 0 spiro atoms. The Labute approximate surface area is 147 Å². The highest BCUT2D eigenvalue weighted by Crippen LogP contribution is 2.23. The van der Waals surface area contributed by atoms with Crippen LogP contribution in [-0.2, 0) is 0 Å². The Hall–Kier alpha value is -2.74. The summed E-state index contributed by atoms with van der Waals surface area (Å²) in [6, 6.07) is 7.69. The van der Waals surface area contributed by atoms with Gasteiger partial charge >= 0.3 is 0 Å². The molecular weight excluding hydrogens is 343 g/mol. The number of amides is 1. The average Bonchev–Trinajstić information content (AvgIpc) is 3.37. The number of carbonyl (C=O) groups excluding carboxylic acids is 1. The molecule has 0 bridgehead atoms. The van der Waals surface area contributed by atoms with Gasteiger partial charge in [0.2, 0.25) is 0 Å². The molecule has 2 aromatic heterocycles. The predicted molar refractivity (Wildman–Crippen MR) is 91.0 cm³/mol. The van der Waals surface area contributed by atoms with Gasteiger partial charge in [-0.2, -0.15) is 5.10 Å². The number of nitrogens with one attached hydrogen (secondary N) is 1. The van der Waals surface area contributed by atoms with Crippen LogP contribution in [0.5, 0.6) is 5.19 Å². The van der Waals surface area contributed by atoms with Crippen LogP contribution in [0, 0.1) is 5.82 Å². The van der Waals surface area contributed by atoms with Crippen LogP contribution < -0.4 is 4.74 Å². The molecule has 3 aromatic rings. The fourth-order valence-corrected chi connectivity index (χ4v) is 3.34. The maximum Gasteiger partial charge on any atom is 0.273 e. The first-order valence-corrected chi connectivity index (χ1v) is 8.74. The van der Waals surface area contributed by atoms with Gasteiger partial charge in [0, 0.05) is 30.1 Å². The van der Waals surface area contributed by atoms with Gasteiger partial charge in [-0.3, -0.25) is 9.89 Å². The van der Waals surface area contributed by atoms with Gasteiger partial charge in [0.05, 0.1) is 12.2 Å². The number of aromatic amines is 1. The van der Waals surface area contributed by atoms with Crippen LogP contribution in [0.25, 0.3) is 11.3 Å². The molecule has 1 aromatic carbocycles. The van der Waals surface area contributed by atoms with E-state index in [2.05, 4.69) is 15.2 Å². The summed E-state index contributed by atoms with van der Waals surface area (Å²) in [6.45, 7) is 1.14. The lowest BCUT2D eigenvalue weighted by Gasteiger charge is -2.15. The zero-order valence-electron chi connectivity index (χ0n) is 13.2. The SMILES string of the molecule is O=C(c1cc(-c2ccc(F)cc2)n[nH]1)N1CCC(Oc2nccs2)C1. The highest BCUT2D eigenvalue weighted by molar-refractivity contribution is 7.11. The number of aromatic nitrogens is 3. The lowest BCUT2D eigenvalue weighted by molar-refractivity contribution is 0.0766. The Kier molecular flexibility index (Phi) is 4.19. The van der Waals surface area contributed by atoms with E-state index < -0.39 is 0 Å². The van der Waals surface area contributed by atoms with Crippen molar-refractivity contribution < 1.29 is 13.9 Å². The van der Waals surface area contributed by atoms with Crippen molar-refractivity contribution in [3.63, 3.8) is 0 Å². The Balaban J connectivity index is 1.42. The normalized spacial score (nSPS) is 17.0. The molecule has 3 heterocycles. The van der Waals surface area contributed by atoms with Crippen molar-refractivity contribution in [2.45, 2.75) is 12.5 Å². The highest BCUT2D eigenvalue weighted by Gasteiger charge is 2.29. The molecule has 1 aliphatic rings. The molecule has 1 N–H and O–H groups in total. The standard InChI is InChI=1S/C17H15FN4O2S/c18-12-3-1-11(2-4-12)14-9-15(21-20-14)16(23)22-7-5-13(10-22)24-17-19-6-8-25-17/h1-4,6,8-9,13H,5,7,10H2,(H,20,21). The third-order valence-corrected chi connectivity index (χ3v) is 4.72. The monoisotopic (exact) mass is 358 g/mol. The number of rotatable bonds is 4. The first-order valence-electron chi connectivity index (χ1n) is 7.86. The first kappa shape index (κ1) is 15.8. The molecule has 8 heteroatoms. The molecular formula is C17H15FN4O2S. The van der Waals surface area contributed by atoms with Gasteiger partial charge < -0.3 is 9.64 Å². The van der Waals surface area contributed by atoms with Crippen LogP contribution in [0.1, 0.15) is 16.9 Å². The number of ether oxygens (including phenoxy) is 1. The number of hydrogen-bond acceptors (Lipinski definition) is 5. The molecule has 0 aliphatic carbocycles. The number of likely N-dealkylation sites (tertiary alicyclic amines) is 1. The zero-order chi connectivity index (χ0) is 17.2. The minimum Gasteiger partial charge on any atom is -0.465 e. The van der Waals surface area contributed by atoms with Crippen LogP contribution >= 0.6 is 11.3 Å². The van der Waals surface area contributed by atoms with E-state index >= 15 is 0 Å². The molecule has 128 valence electrons. The molecule has 0 radical (unpaired) electrons. The number of carbonyl (C=O) groups is 1. The van der Waals surface area contributed by atoms with Gasteiger partial charge in [0.15, 0.2) is 0 Å². The fraction of sp³-hybridized carbons (Fsp3) is 0.235. The van der Waals surface area contributed by atoms with Crippen LogP contribution in [0.15, 0.2) is 41.9 Å². The second kappa shape index (κ2) is 6.64. The minimum absolute atomic E-state index is 0.0467. The van der Waals surface area contributed by atoms with E-state index in [0.29, 0.717) is 29.7 Å². The second-order valence-electron chi connectivity index (χ2n) is 5.75. The summed E-state index contributed by atoms with van der Waals surface area (Å²) >= 11 is 1.44. The Bertz CT molecular complexity index is 863. The molecule has 1 amide bonds. The quantitative estimate of drug-likeness (QED) is 0.778. The third kappa shape index (κ3) is 3.39. The third-order valence-electron chi connectivity index (χ3n) is 4.06. The van der Waals surface area contributed by atoms with Crippen LogP contribution in [0.3, 0.4) is 0 Å². The number of hydrogen-bond donors (Lipinski definition) is 1. The number of H-pyrrole nitrogens is 1. The molecule has 1 aliphatic heterocycles. The van der Waals surface area contributed by atoms with E-state index in [1.54, 1.807) is 29.3 Å². The van der Waals surface area contributed by atoms with Gasteiger partial charge in [-0.1, -0.05) is 11.3 Å². The van der Waals surface area contributed by atoms with Crippen molar-refractivity contribution in [3.8, 4) is 16.5 Å². The van der Waals surface area contributed by atoms with Crippen molar-refractivity contribution in [3.05, 3.63) is 53.4 Å². The van der Waals surface area contributed by atoms with E-state index in [-0.39, 0.29) is 17.8 Å². The Morgan fingerprint density at radius 3 is 2.96 bits per heavy atom. The summed E-state index contributed by atoms with van der Waals surface area (Å²) in [5.74, 6) is -0.426. The lowest BCUT2D eigenvalue weighted by atomic mass is 10.1. The van der Waals surface area contributed by atoms with E-state index in [1.807, 2.05) is 5.38 Å². The van der Waals surface area contributed by atoms with E-state index in [9.17, 15) is 9.18 Å². The van der Waals surface area contributed by atoms with E-state index in [4.69, 9.17) is 4.74 Å². The molecule has 1 unspecified atom stereocenters. The summed E-state index contributed by atoms with van der Waals surface area (Å²) in [6.07, 6.45) is 2.42. The average molecular weight is 358 g/mol. The summed E-state index contributed by atoms with van der Waals surface area (Å²) in [5.41, 5.74) is 1.77. The van der Waals surface area contributed by atoms with Crippen molar-refractivity contribution >= 4 is 17.2 Å². The van der Waals surface area contributed by atoms with Gasteiger partial charge in [0.25, 0.3) is 11.1 Å². The largest absolute Gasteiger partial charge is 0.465 e. The van der Waals surface area contributed by atoms with Crippen LogP contribution in [-0.4, -0.2) is 45.2 Å². The van der Waals surface area contributed by atoms with Crippen molar-refractivity contribution in [1.82, 2.24) is 20.1 Å². The number of nitrogens with zero attached hydrogens (tertiary/aromatic N) is 3. The highest BCUT2D eigenvalue weighted by atomic mass is 32.1. The number of benzene rings is 1. The lowest BCUT2D eigenvalue weighted by Crippen LogP contribution is -2.31. The summed E-state index contributed by atoms with van der Waals surface area (Å²) < 4.78 is 18.8. The van der Waals surface area contributed by atoms with E-state index in [1.165, 1.54) is 23.5 Å². The Morgan fingerprint density at radius 2 is 2.20 bits per heavy atom. The van der Waals surface area contributed by atoms with E-state index in [0.717, 1.165) is 12.0 Å². The maximum absolute atomic E-state index is 13.0. The van der Waals surface area contributed by atoms with Crippen molar-refractivity contribution in [2.75, 3.05) is 13.1 Å². The Morgan fingerprint density at radius 1 is 1.36 bits per heavy atom. The minimum atomic E-state index is -0.307. The summed E-state index contributed by atoms with van der Waals surface area (Å²) in [4.78, 5) is 18.5. The molecule has 25 heavy (non-hydrogen) atoms. The topological polar surface area (TPSA) is 71.1 Å². The zero-order valence-corrected chi connectivity index (χ0v) is 14.0. The van der Waals surface area contributed by atoms with Crippen LogP contribution in [0.4, 0.5) is 4.39 Å². The van der Waals surface area contributed by atoms with Gasteiger partial charge in [-0.05, 0) is 30.3 Å². The fourth-order valence-electron chi connectivity index (χ4n) is 2.79. The van der Waals surface area contributed by atoms with Gasteiger partial charge in [-0.25, -0.2) is 9.37 Å². The molecule has 1 atom stereocenters. The van der Waals surface area contributed by atoms with Crippen molar-refractivity contribution in [2.24, 2.45) is 0 Å². The maximum atomic E-state index is 13.0. The molecule has 1 fully saturated rings. The number of thiazole rings is 1. The van der Waals surface area contributed by atoms with Crippen molar-refractivity contribution in [1.29, 1.82) is 0 Å². The summed E-state index contributed by atoms with van der Waals surface area (Å²) in [7, 11) is 0.